The number of hydrogen-bond acceptors (Lipinski definition) is 5. The summed E-state index contributed by atoms with van der Waals surface area (Å²) in [5.74, 6) is -0.429. The van der Waals surface area contributed by atoms with E-state index in [1.54, 1.807) is 4.68 Å². The molecule has 0 N–H and O–H groups in total. The van der Waals surface area contributed by atoms with Crippen LogP contribution in [-0.4, -0.2) is 38.8 Å². The van der Waals surface area contributed by atoms with Crippen LogP contribution in [0.15, 0.2) is 0 Å². The van der Waals surface area contributed by atoms with Gasteiger partial charge in [-0.05, 0) is 47.5 Å². The van der Waals surface area contributed by atoms with Crippen LogP contribution in [0.25, 0.3) is 0 Å². The van der Waals surface area contributed by atoms with E-state index < -0.39 is 11.6 Å². The second kappa shape index (κ2) is 5.52. The van der Waals surface area contributed by atoms with E-state index in [9.17, 15) is 4.79 Å². The van der Waals surface area contributed by atoms with Crippen LogP contribution in [0.2, 0.25) is 0 Å². The summed E-state index contributed by atoms with van der Waals surface area (Å²) in [6, 6.07) is 0. The molecule has 20 heavy (non-hydrogen) atoms. The first-order valence-electron chi connectivity index (χ1n) is 7.05. The van der Waals surface area contributed by atoms with Crippen molar-refractivity contribution in [1.82, 2.24) is 15.0 Å². The highest BCUT2D eigenvalue weighted by molar-refractivity contribution is 5.88. The van der Waals surface area contributed by atoms with Crippen molar-refractivity contribution in [3.05, 3.63) is 11.4 Å². The largest absolute Gasteiger partial charge is 0.455 e. The second-order valence-electron chi connectivity index (χ2n) is 6.35. The summed E-state index contributed by atoms with van der Waals surface area (Å²) < 4.78 is 12.8. The van der Waals surface area contributed by atoms with Crippen molar-refractivity contribution in [2.24, 2.45) is 0 Å². The minimum absolute atomic E-state index is 0.150. The molecule has 2 heterocycles. The number of hydrogen-bond donors (Lipinski definition) is 0. The molecule has 6 heteroatoms. The highest BCUT2D eigenvalue weighted by atomic mass is 16.6. The van der Waals surface area contributed by atoms with Crippen molar-refractivity contribution in [3.8, 4) is 0 Å². The molecule has 1 aliphatic rings. The molecule has 0 aromatic carbocycles. The Morgan fingerprint density at radius 3 is 2.70 bits per heavy atom. The molecule has 1 aromatic heterocycles. The van der Waals surface area contributed by atoms with Crippen molar-refractivity contribution >= 4 is 5.97 Å². The predicted molar refractivity (Wildman–Crippen MR) is 73.5 cm³/mol. The molecule has 112 valence electrons. The average Bonchev–Trinajstić information content (AvgIpc) is 2.85. The summed E-state index contributed by atoms with van der Waals surface area (Å²) in [5.41, 5.74) is 0.477. The molecule has 2 unspecified atom stereocenters. The molecule has 1 saturated heterocycles. The number of esters is 1. The Bertz CT molecular complexity index is 490. The Hall–Kier alpha value is -1.43. The number of carbonyl (C=O) groups is 1. The van der Waals surface area contributed by atoms with Gasteiger partial charge in [-0.2, -0.15) is 0 Å². The fourth-order valence-electron chi connectivity index (χ4n) is 2.26. The van der Waals surface area contributed by atoms with Crippen LogP contribution in [0.5, 0.6) is 0 Å². The van der Waals surface area contributed by atoms with E-state index in [1.165, 1.54) is 0 Å². The second-order valence-corrected chi connectivity index (χ2v) is 6.35. The van der Waals surface area contributed by atoms with Gasteiger partial charge in [0, 0.05) is 0 Å². The third-order valence-corrected chi connectivity index (χ3v) is 3.27. The Balaban J connectivity index is 2.05. The molecule has 1 aromatic rings. The van der Waals surface area contributed by atoms with Gasteiger partial charge in [0.15, 0.2) is 5.69 Å². The standard InChI is InChI=1S/C14H23N3O3/c1-9-6-7-11(19-9)8-17-10(2)12(15-16-17)13(18)20-14(3,4)5/h9,11H,6-8H2,1-5H3. The number of nitrogens with zero attached hydrogens (tertiary/aromatic N) is 3. The van der Waals surface area contributed by atoms with Crippen LogP contribution in [0.3, 0.4) is 0 Å². The molecular weight excluding hydrogens is 258 g/mol. The summed E-state index contributed by atoms with van der Waals surface area (Å²) in [4.78, 5) is 12.0. The van der Waals surface area contributed by atoms with Crippen LogP contribution in [0.1, 0.15) is 56.7 Å². The molecule has 0 bridgehead atoms. The molecule has 6 nitrogen and oxygen atoms in total. The van der Waals surface area contributed by atoms with E-state index in [-0.39, 0.29) is 11.8 Å². The van der Waals surface area contributed by atoms with Crippen LogP contribution in [0.4, 0.5) is 0 Å². The van der Waals surface area contributed by atoms with Gasteiger partial charge in [-0.3, -0.25) is 0 Å². The lowest BCUT2D eigenvalue weighted by Gasteiger charge is -2.18. The Kier molecular flexibility index (Phi) is 4.13. The van der Waals surface area contributed by atoms with Crippen molar-refractivity contribution in [2.45, 2.75) is 71.8 Å². The van der Waals surface area contributed by atoms with Gasteiger partial charge in [0.2, 0.25) is 0 Å². The first-order valence-corrected chi connectivity index (χ1v) is 7.05. The summed E-state index contributed by atoms with van der Waals surface area (Å²) in [6.45, 7) is 10.0. The van der Waals surface area contributed by atoms with Gasteiger partial charge in [0.25, 0.3) is 0 Å². The Morgan fingerprint density at radius 1 is 1.45 bits per heavy atom. The quantitative estimate of drug-likeness (QED) is 0.794. The lowest BCUT2D eigenvalue weighted by Crippen LogP contribution is -2.24. The molecule has 1 aliphatic heterocycles. The normalized spacial score (nSPS) is 23.1. The first kappa shape index (κ1) is 15.0. The summed E-state index contributed by atoms with van der Waals surface area (Å²) in [7, 11) is 0. The van der Waals surface area contributed by atoms with Gasteiger partial charge < -0.3 is 9.47 Å². The van der Waals surface area contributed by atoms with Gasteiger partial charge in [0.05, 0.1) is 24.4 Å². The van der Waals surface area contributed by atoms with E-state index in [2.05, 4.69) is 17.2 Å². The lowest BCUT2D eigenvalue weighted by molar-refractivity contribution is 0.00613. The van der Waals surface area contributed by atoms with Gasteiger partial charge >= 0.3 is 5.97 Å². The molecule has 2 rings (SSSR count). The fraction of sp³-hybridized carbons (Fsp3) is 0.786. The fourth-order valence-corrected chi connectivity index (χ4v) is 2.26. The maximum atomic E-state index is 12.0. The van der Waals surface area contributed by atoms with E-state index in [1.807, 2.05) is 27.7 Å². The summed E-state index contributed by atoms with van der Waals surface area (Å²) >= 11 is 0. The molecular formula is C14H23N3O3. The third kappa shape index (κ3) is 3.56. The average molecular weight is 281 g/mol. The smallest absolute Gasteiger partial charge is 0.361 e. The van der Waals surface area contributed by atoms with E-state index >= 15 is 0 Å². The van der Waals surface area contributed by atoms with Gasteiger partial charge in [-0.15, -0.1) is 5.10 Å². The predicted octanol–water partition coefficient (Wildman–Crippen LogP) is 2.11. The maximum Gasteiger partial charge on any atom is 0.361 e. The number of rotatable bonds is 3. The molecule has 0 spiro atoms. The van der Waals surface area contributed by atoms with Crippen molar-refractivity contribution < 1.29 is 14.3 Å². The van der Waals surface area contributed by atoms with Crippen molar-refractivity contribution in [3.63, 3.8) is 0 Å². The monoisotopic (exact) mass is 281 g/mol. The zero-order valence-corrected chi connectivity index (χ0v) is 12.8. The maximum absolute atomic E-state index is 12.0. The van der Waals surface area contributed by atoms with Crippen molar-refractivity contribution in [1.29, 1.82) is 0 Å². The lowest BCUT2D eigenvalue weighted by atomic mass is 10.2. The van der Waals surface area contributed by atoms with Crippen LogP contribution >= 0.6 is 0 Å². The minimum atomic E-state index is -0.530. The SMILES string of the molecule is Cc1c(C(=O)OC(C)(C)C)nnn1CC1CCC(C)O1. The highest BCUT2D eigenvalue weighted by Crippen LogP contribution is 2.21. The number of aromatic nitrogens is 3. The molecule has 0 saturated carbocycles. The highest BCUT2D eigenvalue weighted by Gasteiger charge is 2.26. The molecule has 1 fully saturated rings. The minimum Gasteiger partial charge on any atom is -0.455 e. The zero-order chi connectivity index (χ0) is 14.9. The molecule has 2 atom stereocenters. The van der Waals surface area contributed by atoms with Crippen LogP contribution in [0, 0.1) is 6.92 Å². The van der Waals surface area contributed by atoms with E-state index in [0.29, 0.717) is 12.6 Å². The van der Waals surface area contributed by atoms with Crippen LogP contribution < -0.4 is 0 Å². The van der Waals surface area contributed by atoms with Gasteiger partial charge in [0.1, 0.15) is 5.60 Å². The molecule has 0 radical (unpaired) electrons. The zero-order valence-electron chi connectivity index (χ0n) is 12.8. The summed E-state index contributed by atoms with van der Waals surface area (Å²) in [5, 5.41) is 7.98. The van der Waals surface area contributed by atoms with Crippen LogP contribution in [-0.2, 0) is 16.0 Å². The molecule has 0 amide bonds. The Labute approximate surface area is 119 Å². The topological polar surface area (TPSA) is 66.2 Å². The van der Waals surface area contributed by atoms with E-state index in [0.717, 1.165) is 18.5 Å². The van der Waals surface area contributed by atoms with E-state index in [4.69, 9.17) is 9.47 Å². The number of ether oxygens (including phenoxy) is 2. The van der Waals surface area contributed by atoms with Crippen molar-refractivity contribution in [2.75, 3.05) is 0 Å². The van der Waals surface area contributed by atoms with Gasteiger partial charge in [-0.25, -0.2) is 9.48 Å². The number of carbonyl (C=O) groups excluding carboxylic acids is 1. The van der Waals surface area contributed by atoms with Gasteiger partial charge in [-0.1, -0.05) is 5.21 Å². The first-order chi connectivity index (χ1) is 9.26. The molecule has 0 aliphatic carbocycles. The summed E-state index contributed by atoms with van der Waals surface area (Å²) in [6.07, 6.45) is 2.53. The Morgan fingerprint density at radius 2 is 2.15 bits per heavy atom. The third-order valence-electron chi connectivity index (χ3n) is 3.27.